The lowest BCUT2D eigenvalue weighted by molar-refractivity contribution is 0.0470. The average molecular weight is 401 g/mol. The van der Waals surface area contributed by atoms with Gasteiger partial charge >= 0.3 is 12.0 Å². The summed E-state index contributed by atoms with van der Waals surface area (Å²) >= 11 is 6.23. The van der Waals surface area contributed by atoms with Gasteiger partial charge in [-0.15, -0.1) is 0 Å². The molecule has 0 spiro atoms. The second-order valence-electron chi connectivity index (χ2n) is 5.51. The van der Waals surface area contributed by atoms with Crippen molar-refractivity contribution in [1.29, 1.82) is 0 Å². The summed E-state index contributed by atoms with van der Waals surface area (Å²) in [5.41, 5.74) is 0.951. The molecule has 0 saturated heterocycles. The van der Waals surface area contributed by atoms with Crippen molar-refractivity contribution in [3.8, 4) is 23.5 Å². The Balaban J connectivity index is 1.85. The second-order valence-corrected chi connectivity index (χ2v) is 5.92. The maximum atomic E-state index is 12.6. The highest BCUT2D eigenvalue weighted by atomic mass is 35.5. The van der Waals surface area contributed by atoms with Crippen molar-refractivity contribution in [2.45, 2.75) is 6.61 Å². The zero-order valence-electron chi connectivity index (χ0n) is 15.2. The SMILES string of the molecule is COc1cc(Oc2cccc(Cl)c2C(=O)OCc2ccccc2)nc(OC)n1. The Hall–Kier alpha value is -3.32. The molecular weight excluding hydrogens is 384 g/mol. The van der Waals surface area contributed by atoms with Crippen molar-refractivity contribution in [2.24, 2.45) is 0 Å². The molecule has 8 heteroatoms. The van der Waals surface area contributed by atoms with Crippen LogP contribution in [0.15, 0.2) is 54.6 Å². The number of hydrogen-bond donors (Lipinski definition) is 0. The number of carbonyl (C=O) groups is 1. The van der Waals surface area contributed by atoms with Gasteiger partial charge in [0.05, 0.1) is 25.3 Å². The van der Waals surface area contributed by atoms with E-state index in [4.69, 9.17) is 30.5 Å². The molecule has 0 N–H and O–H groups in total. The van der Waals surface area contributed by atoms with Crippen molar-refractivity contribution in [2.75, 3.05) is 14.2 Å². The van der Waals surface area contributed by atoms with E-state index in [-0.39, 0.29) is 40.7 Å². The molecule has 0 atom stereocenters. The number of methoxy groups -OCH3 is 2. The number of nitrogens with zero attached hydrogens (tertiary/aromatic N) is 2. The number of ether oxygens (including phenoxy) is 4. The largest absolute Gasteiger partial charge is 0.481 e. The van der Waals surface area contributed by atoms with Crippen LogP contribution in [0.25, 0.3) is 0 Å². The monoisotopic (exact) mass is 400 g/mol. The number of hydrogen-bond acceptors (Lipinski definition) is 7. The van der Waals surface area contributed by atoms with Crippen molar-refractivity contribution < 1.29 is 23.7 Å². The van der Waals surface area contributed by atoms with Gasteiger partial charge in [0.2, 0.25) is 11.8 Å². The molecule has 0 unspecified atom stereocenters. The lowest BCUT2D eigenvalue weighted by Gasteiger charge is -2.13. The molecule has 144 valence electrons. The van der Waals surface area contributed by atoms with Gasteiger partial charge in [-0.1, -0.05) is 48.0 Å². The molecule has 0 aliphatic heterocycles. The minimum Gasteiger partial charge on any atom is -0.481 e. The highest BCUT2D eigenvalue weighted by Crippen LogP contribution is 2.32. The van der Waals surface area contributed by atoms with Crippen LogP contribution >= 0.6 is 11.6 Å². The first-order valence-corrected chi connectivity index (χ1v) is 8.63. The quantitative estimate of drug-likeness (QED) is 0.547. The van der Waals surface area contributed by atoms with Crippen LogP contribution in [0.2, 0.25) is 5.02 Å². The number of rotatable bonds is 7. The summed E-state index contributed by atoms with van der Waals surface area (Å²) in [7, 11) is 2.88. The molecule has 0 aliphatic carbocycles. The Morgan fingerprint density at radius 3 is 2.43 bits per heavy atom. The molecule has 0 fully saturated rings. The molecule has 3 aromatic rings. The molecule has 7 nitrogen and oxygen atoms in total. The summed E-state index contributed by atoms with van der Waals surface area (Å²) in [5, 5.41) is 0.198. The van der Waals surface area contributed by atoms with Crippen LogP contribution in [0.3, 0.4) is 0 Å². The van der Waals surface area contributed by atoms with Crippen LogP contribution in [0.4, 0.5) is 0 Å². The fourth-order valence-electron chi connectivity index (χ4n) is 2.33. The molecule has 0 radical (unpaired) electrons. The van der Waals surface area contributed by atoms with Crippen molar-refractivity contribution in [3.05, 3.63) is 70.7 Å². The molecular formula is C20H17ClN2O5. The van der Waals surface area contributed by atoms with Crippen LogP contribution in [0, 0.1) is 0 Å². The van der Waals surface area contributed by atoms with Gasteiger partial charge in [-0.3, -0.25) is 0 Å². The molecule has 2 aromatic carbocycles. The summed E-state index contributed by atoms with van der Waals surface area (Å²) in [5.74, 6) is -0.0500. The summed E-state index contributed by atoms with van der Waals surface area (Å²) in [6.07, 6.45) is 0. The van der Waals surface area contributed by atoms with E-state index in [0.29, 0.717) is 0 Å². The van der Waals surface area contributed by atoms with Crippen LogP contribution in [0.5, 0.6) is 23.5 Å². The van der Waals surface area contributed by atoms with Gasteiger partial charge in [0, 0.05) is 0 Å². The summed E-state index contributed by atoms with van der Waals surface area (Å²) in [4.78, 5) is 20.7. The summed E-state index contributed by atoms with van der Waals surface area (Å²) < 4.78 is 21.2. The van der Waals surface area contributed by atoms with Gasteiger partial charge in [-0.25, -0.2) is 4.79 Å². The van der Waals surface area contributed by atoms with E-state index in [2.05, 4.69) is 9.97 Å². The minimum atomic E-state index is -0.613. The third-order valence-corrected chi connectivity index (χ3v) is 3.97. The fraction of sp³-hybridized carbons (Fsp3) is 0.150. The Labute approximate surface area is 166 Å². The first kappa shape index (κ1) is 19.4. The van der Waals surface area contributed by atoms with Gasteiger partial charge < -0.3 is 18.9 Å². The lowest BCUT2D eigenvalue weighted by Crippen LogP contribution is -2.08. The predicted octanol–water partition coefficient (Wildman–Crippen LogP) is 4.30. The van der Waals surface area contributed by atoms with Gasteiger partial charge in [0.25, 0.3) is 0 Å². The molecule has 3 rings (SSSR count). The van der Waals surface area contributed by atoms with E-state index in [0.717, 1.165) is 5.56 Å². The molecule has 1 aromatic heterocycles. The lowest BCUT2D eigenvalue weighted by atomic mass is 10.2. The third kappa shape index (κ3) is 4.69. The first-order valence-electron chi connectivity index (χ1n) is 8.25. The number of esters is 1. The third-order valence-electron chi connectivity index (χ3n) is 3.66. The molecule has 0 bridgehead atoms. The van der Waals surface area contributed by atoms with Crippen molar-refractivity contribution >= 4 is 17.6 Å². The van der Waals surface area contributed by atoms with E-state index < -0.39 is 5.97 Å². The molecule has 1 heterocycles. The van der Waals surface area contributed by atoms with E-state index in [9.17, 15) is 4.79 Å². The zero-order chi connectivity index (χ0) is 19.9. The standard InChI is InChI=1S/C20H17ClN2O5/c1-25-16-11-17(23-20(22-16)26-2)28-15-10-6-9-14(21)18(15)19(24)27-12-13-7-4-3-5-8-13/h3-11H,12H2,1-2H3. The Morgan fingerprint density at radius 2 is 1.71 bits per heavy atom. The number of carbonyl (C=O) groups excluding carboxylic acids is 1. The van der Waals surface area contributed by atoms with Crippen LogP contribution in [-0.2, 0) is 11.3 Å². The van der Waals surface area contributed by atoms with E-state index >= 15 is 0 Å². The van der Waals surface area contributed by atoms with Gasteiger partial charge in [-0.2, -0.15) is 9.97 Å². The fourth-order valence-corrected chi connectivity index (χ4v) is 2.57. The Bertz CT molecular complexity index is 944. The number of halogens is 1. The Morgan fingerprint density at radius 1 is 0.964 bits per heavy atom. The summed E-state index contributed by atoms with van der Waals surface area (Å²) in [6, 6.07) is 15.7. The van der Waals surface area contributed by atoms with E-state index in [1.54, 1.807) is 18.2 Å². The normalized spacial score (nSPS) is 10.2. The van der Waals surface area contributed by atoms with Gasteiger partial charge in [0.1, 0.15) is 17.9 Å². The smallest absolute Gasteiger partial charge is 0.343 e. The zero-order valence-corrected chi connectivity index (χ0v) is 16.0. The molecule has 0 aliphatic rings. The second kappa shape index (κ2) is 9.05. The minimum absolute atomic E-state index is 0.0598. The number of benzene rings is 2. The van der Waals surface area contributed by atoms with Gasteiger partial charge in [0.15, 0.2) is 0 Å². The first-order chi connectivity index (χ1) is 13.6. The molecule has 0 saturated carbocycles. The predicted molar refractivity (Wildman–Crippen MR) is 102 cm³/mol. The van der Waals surface area contributed by atoms with Crippen molar-refractivity contribution in [1.82, 2.24) is 9.97 Å². The Kier molecular flexibility index (Phi) is 6.29. The topological polar surface area (TPSA) is 79.8 Å². The molecule has 0 amide bonds. The van der Waals surface area contributed by atoms with Gasteiger partial charge in [-0.05, 0) is 17.7 Å². The van der Waals surface area contributed by atoms with E-state index in [1.807, 2.05) is 30.3 Å². The summed E-state index contributed by atoms with van der Waals surface area (Å²) in [6.45, 7) is 0.111. The number of aromatic nitrogens is 2. The highest BCUT2D eigenvalue weighted by Gasteiger charge is 2.20. The van der Waals surface area contributed by atoms with Crippen molar-refractivity contribution in [3.63, 3.8) is 0 Å². The van der Waals surface area contributed by atoms with E-state index in [1.165, 1.54) is 20.3 Å². The highest BCUT2D eigenvalue weighted by molar-refractivity contribution is 6.34. The van der Waals surface area contributed by atoms with Crippen LogP contribution in [-0.4, -0.2) is 30.2 Å². The van der Waals surface area contributed by atoms with Crippen LogP contribution in [0.1, 0.15) is 15.9 Å². The molecule has 28 heavy (non-hydrogen) atoms. The average Bonchev–Trinajstić information content (AvgIpc) is 2.72. The maximum absolute atomic E-state index is 12.6. The van der Waals surface area contributed by atoms with Crippen LogP contribution < -0.4 is 14.2 Å². The maximum Gasteiger partial charge on any atom is 0.343 e.